The average Bonchev–Trinajstić information content (AvgIpc) is 3.30. The highest BCUT2D eigenvalue weighted by atomic mass is 16.6. The third-order valence-corrected chi connectivity index (χ3v) is 7.84. The van der Waals surface area contributed by atoms with E-state index >= 15 is 0 Å². The van der Waals surface area contributed by atoms with Crippen LogP contribution in [-0.4, -0.2) is 43.8 Å². The molecule has 0 amide bonds. The monoisotopic (exact) mass is 448 g/mol. The van der Waals surface area contributed by atoms with Crippen molar-refractivity contribution in [3.8, 4) is 0 Å². The van der Waals surface area contributed by atoms with E-state index in [2.05, 4.69) is 13.0 Å². The topological polar surface area (TPSA) is 61.8 Å². The van der Waals surface area contributed by atoms with Crippen LogP contribution in [0.3, 0.4) is 0 Å². The minimum atomic E-state index is -0.132. The molecule has 0 bridgehead atoms. The number of fused-ring (bicyclic) bond motifs is 1. The summed E-state index contributed by atoms with van der Waals surface area (Å²) in [5.74, 6) is 1.31. The maximum atomic E-state index is 12.5. The van der Waals surface area contributed by atoms with Crippen LogP contribution in [0.4, 0.5) is 0 Å². The summed E-state index contributed by atoms with van der Waals surface area (Å²) in [7, 11) is 1.45. The van der Waals surface area contributed by atoms with Crippen molar-refractivity contribution in [3.63, 3.8) is 0 Å². The second kappa shape index (κ2) is 12.9. The number of hydrogen-bond donors (Lipinski definition) is 0. The molecule has 182 valence electrons. The molecule has 32 heavy (non-hydrogen) atoms. The Morgan fingerprint density at radius 2 is 2.00 bits per heavy atom. The number of allylic oxidation sites excluding steroid dienone is 1. The van der Waals surface area contributed by atoms with E-state index in [4.69, 9.17) is 14.2 Å². The fourth-order valence-corrected chi connectivity index (χ4v) is 6.11. The molecule has 0 aromatic carbocycles. The van der Waals surface area contributed by atoms with E-state index in [1.54, 1.807) is 0 Å². The van der Waals surface area contributed by atoms with Gasteiger partial charge >= 0.3 is 5.97 Å². The molecule has 0 N–H and O–H groups in total. The predicted molar refractivity (Wildman–Crippen MR) is 125 cm³/mol. The molecule has 3 fully saturated rings. The molecule has 1 unspecified atom stereocenters. The number of ketones is 1. The number of rotatable bonds is 13. The number of carbonyl (C=O) groups is 2. The molecule has 4 atom stereocenters. The first-order chi connectivity index (χ1) is 15.6. The second-order valence-electron chi connectivity index (χ2n) is 10.1. The molecule has 2 saturated carbocycles. The molecule has 3 rings (SSSR count). The van der Waals surface area contributed by atoms with Crippen molar-refractivity contribution in [1.29, 1.82) is 0 Å². The fourth-order valence-electron chi connectivity index (χ4n) is 6.11. The zero-order valence-electron chi connectivity index (χ0n) is 20.4. The van der Waals surface area contributed by atoms with Crippen LogP contribution in [-0.2, 0) is 23.8 Å². The van der Waals surface area contributed by atoms with Crippen molar-refractivity contribution in [2.24, 2.45) is 11.8 Å². The molecule has 1 aliphatic heterocycles. The van der Waals surface area contributed by atoms with E-state index in [1.165, 1.54) is 25.5 Å². The number of unbranched alkanes of at least 4 members (excludes halogenated alkanes) is 3. The Hall–Kier alpha value is -1.20. The molecular weight excluding hydrogens is 404 g/mol. The van der Waals surface area contributed by atoms with Crippen molar-refractivity contribution in [3.05, 3.63) is 11.6 Å². The van der Waals surface area contributed by atoms with Gasteiger partial charge < -0.3 is 14.2 Å². The molecule has 0 spiro atoms. The third kappa shape index (κ3) is 6.90. The number of hydrogen-bond acceptors (Lipinski definition) is 5. The molecule has 2 aliphatic carbocycles. The lowest BCUT2D eigenvalue weighted by molar-refractivity contribution is -0.163. The number of ether oxygens (including phenoxy) is 3. The van der Waals surface area contributed by atoms with Crippen LogP contribution in [0.15, 0.2) is 11.6 Å². The summed E-state index contributed by atoms with van der Waals surface area (Å²) < 4.78 is 17.4. The Labute approximate surface area is 194 Å². The summed E-state index contributed by atoms with van der Waals surface area (Å²) >= 11 is 0. The van der Waals surface area contributed by atoms with Crippen LogP contribution in [0.1, 0.15) is 103 Å². The van der Waals surface area contributed by atoms with Crippen LogP contribution in [0.5, 0.6) is 0 Å². The van der Waals surface area contributed by atoms with Gasteiger partial charge in [-0.3, -0.25) is 9.59 Å². The highest BCUT2D eigenvalue weighted by Crippen LogP contribution is 2.57. The molecule has 1 saturated heterocycles. The summed E-state index contributed by atoms with van der Waals surface area (Å²) in [4.78, 5) is 23.9. The Kier molecular flexibility index (Phi) is 10.2. The first-order valence-electron chi connectivity index (χ1n) is 13.1. The summed E-state index contributed by atoms with van der Waals surface area (Å²) in [6.07, 6.45) is 17.1. The van der Waals surface area contributed by atoms with E-state index in [-0.39, 0.29) is 17.7 Å². The van der Waals surface area contributed by atoms with Crippen molar-refractivity contribution < 1.29 is 23.8 Å². The van der Waals surface area contributed by atoms with Crippen molar-refractivity contribution in [2.45, 2.75) is 115 Å². The van der Waals surface area contributed by atoms with Gasteiger partial charge in [-0.05, 0) is 76.0 Å². The lowest BCUT2D eigenvalue weighted by Crippen LogP contribution is -2.44. The maximum Gasteiger partial charge on any atom is 0.305 e. The first-order valence-corrected chi connectivity index (χ1v) is 13.1. The number of methoxy groups -OCH3 is 1. The molecule has 3 aliphatic rings. The molecule has 0 radical (unpaired) electrons. The van der Waals surface area contributed by atoms with Gasteiger partial charge in [-0.25, -0.2) is 0 Å². The van der Waals surface area contributed by atoms with Gasteiger partial charge in [0.05, 0.1) is 25.4 Å². The van der Waals surface area contributed by atoms with E-state index in [9.17, 15) is 9.59 Å². The number of Topliss-reactive ketones (excluding diaryl/α,β-unsaturated/α-hetero) is 1. The van der Waals surface area contributed by atoms with Gasteiger partial charge in [-0.2, -0.15) is 0 Å². The number of carbonyl (C=O) groups excluding carboxylic acids is 2. The SMILES string of the molecule is CCCCCC(=O)CC[C@H]1CC[C@H]2CC(=CCCCC(=O)OC)C[C@]12OC1CCCOC1. The molecule has 1 heterocycles. The number of esters is 1. The molecular formula is C27H44O5. The summed E-state index contributed by atoms with van der Waals surface area (Å²) in [5, 5.41) is 0. The average molecular weight is 449 g/mol. The van der Waals surface area contributed by atoms with Crippen molar-refractivity contribution in [2.75, 3.05) is 20.3 Å². The fraction of sp³-hybridized carbons (Fsp3) is 0.852. The van der Waals surface area contributed by atoms with Crippen LogP contribution in [0.2, 0.25) is 0 Å². The summed E-state index contributed by atoms with van der Waals surface area (Å²) in [5.41, 5.74) is 1.36. The zero-order chi connectivity index (χ0) is 22.8. The van der Waals surface area contributed by atoms with Crippen LogP contribution < -0.4 is 0 Å². The highest BCUT2D eigenvalue weighted by Gasteiger charge is 2.55. The van der Waals surface area contributed by atoms with E-state index in [1.807, 2.05) is 0 Å². The predicted octanol–water partition coefficient (Wildman–Crippen LogP) is 5.94. The van der Waals surface area contributed by atoms with E-state index < -0.39 is 0 Å². The lowest BCUT2D eigenvalue weighted by atomic mass is 9.82. The minimum absolute atomic E-state index is 0.122. The van der Waals surface area contributed by atoms with Gasteiger partial charge in [-0.15, -0.1) is 0 Å². The van der Waals surface area contributed by atoms with Crippen LogP contribution in [0.25, 0.3) is 0 Å². The zero-order valence-corrected chi connectivity index (χ0v) is 20.4. The first kappa shape index (κ1) is 25.4. The van der Waals surface area contributed by atoms with Crippen LogP contribution in [0, 0.1) is 11.8 Å². The van der Waals surface area contributed by atoms with E-state index in [0.29, 0.717) is 37.1 Å². The second-order valence-corrected chi connectivity index (χ2v) is 10.1. The summed E-state index contributed by atoms with van der Waals surface area (Å²) in [6.45, 7) is 3.73. The quantitative estimate of drug-likeness (QED) is 0.198. The summed E-state index contributed by atoms with van der Waals surface area (Å²) in [6, 6.07) is 0. The Bertz CT molecular complexity index is 636. The lowest BCUT2D eigenvalue weighted by Gasteiger charge is -2.40. The Morgan fingerprint density at radius 3 is 2.75 bits per heavy atom. The Balaban J connectivity index is 1.62. The van der Waals surface area contributed by atoms with Gasteiger partial charge in [0.2, 0.25) is 0 Å². The van der Waals surface area contributed by atoms with E-state index in [0.717, 1.165) is 77.2 Å². The third-order valence-electron chi connectivity index (χ3n) is 7.84. The van der Waals surface area contributed by atoms with Gasteiger partial charge in [0.25, 0.3) is 0 Å². The van der Waals surface area contributed by atoms with Gasteiger partial charge in [0.15, 0.2) is 0 Å². The van der Waals surface area contributed by atoms with Crippen molar-refractivity contribution in [1.82, 2.24) is 0 Å². The normalized spacial score (nSPS) is 31.1. The minimum Gasteiger partial charge on any atom is -0.469 e. The molecule has 5 heteroatoms. The Morgan fingerprint density at radius 1 is 1.12 bits per heavy atom. The van der Waals surface area contributed by atoms with Gasteiger partial charge in [0, 0.05) is 25.9 Å². The molecule has 0 aromatic rings. The van der Waals surface area contributed by atoms with Gasteiger partial charge in [0.1, 0.15) is 5.78 Å². The standard InChI is InChI=1S/C27H44O5/c1-3-4-5-10-24(28)16-15-22-13-14-23-18-21(9-6-7-12-26(29)30-2)19-27(22,23)32-25-11-8-17-31-20-25/h9,22-23,25H,3-8,10-20H2,1-2H3/t22-,23+,25?,27+/m1/s1. The molecule has 5 nitrogen and oxygen atoms in total. The largest absolute Gasteiger partial charge is 0.469 e. The molecule has 0 aromatic heterocycles. The van der Waals surface area contributed by atoms with Crippen molar-refractivity contribution >= 4 is 11.8 Å². The van der Waals surface area contributed by atoms with Crippen LogP contribution >= 0.6 is 0 Å². The smallest absolute Gasteiger partial charge is 0.305 e. The van der Waals surface area contributed by atoms with Gasteiger partial charge in [-0.1, -0.05) is 31.4 Å². The maximum absolute atomic E-state index is 12.5. The highest BCUT2D eigenvalue weighted by molar-refractivity contribution is 5.78.